The summed E-state index contributed by atoms with van der Waals surface area (Å²) in [7, 11) is 0. The highest BCUT2D eigenvalue weighted by atomic mass is 35.5. The molecule has 0 aliphatic heterocycles. The number of aromatic nitrogens is 2. The Morgan fingerprint density at radius 1 is 1.17 bits per heavy atom. The van der Waals surface area contributed by atoms with E-state index in [-0.39, 0.29) is 27.8 Å². The van der Waals surface area contributed by atoms with Gasteiger partial charge in [0, 0.05) is 11.1 Å². The predicted octanol–water partition coefficient (Wildman–Crippen LogP) is 4.43. The van der Waals surface area contributed by atoms with Crippen molar-refractivity contribution in [1.82, 2.24) is 9.97 Å². The molecule has 1 heterocycles. The number of alkyl halides is 3. The van der Waals surface area contributed by atoms with Gasteiger partial charge in [0.15, 0.2) is 0 Å². The summed E-state index contributed by atoms with van der Waals surface area (Å²) in [6.45, 7) is 0. The number of H-pyrrole nitrogens is 1. The normalized spacial score (nSPS) is 11.4. The molecule has 10 heteroatoms. The molecule has 0 saturated heterocycles. The molecule has 146 valence electrons. The molecule has 2 aromatic carbocycles. The Hall–Kier alpha value is -3.64. The topological polar surface area (TPSA) is 93.9 Å². The Balaban J connectivity index is 1.97. The van der Waals surface area contributed by atoms with Crippen molar-refractivity contribution in [1.29, 1.82) is 5.26 Å². The van der Waals surface area contributed by atoms with Crippen molar-refractivity contribution in [3.63, 3.8) is 0 Å². The number of hydrogen-bond donors (Lipinski definition) is 2. The van der Waals surface area contributed by atoms with E-state index in [1.54, 1.807) is 36.4 Å². The lowest BCUT2D eigenvalue weighted by Gasteiger charge is -2.11. The average molecular weight is 418 g/mol. The summed E-state index contributed by atoms with van der Waals surface area (Å²) in [6.07, 6.45) is -3.74. The predicted molar refractivity (Wildman–Crippen MR) is 103 cm³/mol. The first-order valence-corrected chi connectivity index (χ1v) is 8.43. The lowest BCUT2D eigenvalue weighted by molar-refractivity contribution is -0.137. The van der Waals surface area contributed by atoms with Crippen LogP contribution < -0.4 is 11.0 Å². The molecule has 0 unspecified atom stereocenters. The summed E-state index contributed by atoms with van der Waals surface area (Å²) < 4.78 is 39.4. The zero-order chi connectivity index (χ0) is 21.0. The summed E-state index contributed by atoms with van der Waals surface area (Å²) in [5.41, 5.74) is 0.795. The molecule has 0 atom stereocenters. The van der Waals surface area contributed by atoms with Crippen molar-refractivity contribution in [2.45, 2.75) is 6.18 Å². The SMILES string of the molecule is N#Cc1c(-c2ccccc2)nc(NN=Cc2c(Cl)cccc2C(F)(F)F)[nH]c1=O. The second-order valence-electron chi connectivity index (χ2n) is 5.68. The van der Waals surface area contributed by atoms with Crippen molar-refractivity contribution in [2.75, 3.05) is 5.43 Å². The first-order chi connectivity index (χ1) is 13.8. The number of benzene rings is 2. The summed E-state index contributed by atoms with van der Waals surface area (Å²) in [4.78, 5) is 18.6. The van der Waals surface area contributed by atoms with Gasteiger partial charge in [-0.05, 0) is 12.1 Å². The van der Waals surface area contributed by atoms with Gasteiger partial charge in [-0.25, -0.2) is 10.4 Å². The molecule has 0 amide bonds. The Labute approximate surface area is 167 Å². The van der Waals surface area contributed by atoms with Gasteiger partial charge in [0.2, 0.25) is 5.95 Å². The van der Waals surface area contributed by atoms with E-state index in [1.807, 2.05) is 0 Å². The molecule has 0 bridgehead atoms. The third-order valence-electron chi connectivity index (χ3n) is 3.80. The molecular formula is C19H11ClF3N5O. The molecule has 0 aliphatic rings. The molecule has 0 fully saturated rings. The fraction of sp³-hybridized carbons (Fsp3) is 0.0526. The quantitative estimate of drug-likeness (QED) is 0.485. The minimum atomic E-state index is -4.62. The fourth-order valence-electron chi connectivity index (χ4n) is 2.51. The van der Waals surface area contributed by atoms with Crippen LogP contribution in [0.4, 0.5) is 19.1 Å². The smallest absolute Gasteiger partial charge is 0.290 e. The van der Waals surface area contributed by atoms with Crippen LogP contribution in [0.5, 0.6) is 0 Å². The molecule has 0 saturated carbocycles. The maximum absolute atomic E-state index is 13.1. The van der Waals surface area contributed by atoms with E-state index in [0.29, 0.717) is 5.56 Å². The van der Waals surface area contributed by atoms with Gasteiger partial charge in [0.1, 0.15) is 11.6 Å². The highest BCUT2D eigenvalue weighted by Crippen LogP contribution is 2.34. The number of anilines is 1. The summed E-state index contributed by atoms with van der Waals surface area (Å²) in [6, 6.07) is 13.6. The molecule has 1 aromatic heterocycles. The molecule has 0 aliphatic carbocycles. The number of halogens is 4. The van der Waals surface area contributed by atoms with E-state index in [1.165, 1.54) is 12.1 Å². The van der Waals surface area contributed by atoms with E-state index in [4.69, 9.17) is 11.6 Å². The number of nitrogens with one attached hydrogen (secondary N) is 2. The standard InChI is InChI=1S/C19H11ClF3N5O/c20-15-8-4-7-14(19(21,22)23)13(15)10-25-28-18-26-16(11-5-2-1-3-6-11)12(9-24)17(29)27-18/h1-8,10H,(H2,26,27,28,29). The minimum Gasteiger partial charge on any atom is -0.290 e. The molecule has 6 nitrogen and oxygen atoms in total. The molecule has 0 spiro atoms. The Kier molecular flexibility index (Phi) is 5.66. The lowest BCUT2D eigenvalue weighted by atomic mass is 10.1. The minimum absolute atomic E-state index is 0.114. The van der Waals surface area contributed by atoms with Crippen LogP contribution in [-0.4, -0.2) is 16.2 Å². The molecule has 29 heavy (non-hydrogen) atoms. The van der Waals surface area contributed by atoms with E-state index in [2.05, 4.69) is 20.5 Å². The summed E-state index contributed by atoms with van der Waals surface area (Å²) in [5.74, 6) is -0.148. The number of hydrogen-bond acceptors (Lipinski definition) is 5. The zero-order valence-corrected chi connectivity index (χ0v) is 15.2. The van der Waals surface area contributed by atoms with Gasteiger partial charge >= 0.3 is 6.18 Å². The number of nitriles is 1. The maximum atomic E-state index is 13.1. The Bertz CT molecular complexity index is 1170. The Morgan fingerprint density at radius 3 is 2.55 bits per heavy atom. The van der Waals surface area contributed by atoms with Crippen molar-refractivity contribution in [3.8, 4) is 17.3 Å². The maximum Gasteiger partial charge on any atom is 0.417 e. The summed E-state index contributed by atoms with van der Waals surface area (Å²) >= 11 is 5.86. The second kappa shape index (κ2) is 8.16. The molecule has 3 rings (SSSR count). The van der Waals surface area contributed by atoms with Crippen LogP contribution in [0.2, 0.25) is 5.02 Å². The highest BCUT2D eigenvalue weighted by molar-refractivity contribution is 6.33. The highest BCUT2D eigenvalue weighted by Gasteiger charge is 2.33. The first kappa shape index (κ1) is 20.1. The van der Waals surface area contributed by atoms with Gasteiger partial charge < -0.3 is 0 Å². The van der Waals surface area contributed by atoms with Crippen LogP contribution in [-0.2, 0) is 6.18 Å². The van der Waals surface area contributed by atoms with Gasteiger partial charge in [-0.2, -0.15) is 23.5 Å². The number of rotatable bonds is 4. The third-order valence-corrected chi connectivity index (χ3v) is 4.13. The van der Waals surface area contributed by atoms with Gasteiger partial charge in [-0.15, -0.1) is 0 Å². The van der Waals surface area contributed by atoms with Crippen molar-refractivity contribution >= 4 is 23.8 Å². The lowest BCUT2D eigenvalue weighted by Crippen LogP contribution is -2.16. The van der Waals surface area contributed by atoms with Crippen LogP contribution in [0.15, 0.2) is 58.4 Å². The van der Waals surface area contributed by atoms with E-state index < -0.39 is 17.3 Å². The number of nitrogens with zero attached hydrogens (tertiary/aromatic N) is 3. The van der Waals surface area contributed by atoms with Gasteiger partial charge in [0.25, 0.3) is 5.56 Å². The molecule has 2 N–H and O–H groups in total. The van der Waals surface area contributed by atoms with E-state index in [0.717, 1.165) is 12.3 Å². The van der Waals surface area contributed by atoms with Crippen LogP contribution in [0.3, 0.4) is 0 Å². The Morgan fingerprint density at radius 2 is 1.90 bits per heavy atom. The summed E-state index contributed by atoms with van der Waals surface area (Å²) in [5, 5.41) is 12.8. The van der Waals surface area contributed by atoms with Crippen LogP contribution in [0, 0.1) is 11.3 Å². The number of hydrazone groups is 1. The second-order valence-corrected chi connectivity index (χ2v) is 6.09. The van der Waals surface area contributed by atoms with Gasteiger partial charge in [-0.3, -0.25) is 9.78 Å². The van der Waals surface area contributed by atoms with Crippen LogP contribution >= 0.6 is 11.6 Å². The van der Waals surface area contributed by atoms with Crippen molar-refractivity contribution < 1.29 is 13.2 Å². The van der Waals surface area contributed by atoms with Gasteiger partial charge in [0.05, 0.1) is 22.5 Å². The monoisotopic (exact) mass is 417 g/mol. The van der Waals surface area contributed by atoms with Crippen LogP contribution in [0.1, 0.15) is 16.7 Å². The fourth-order valence-corrected chi connectivity index (χ4v) is 2.73. The first-order valence-electron chi connectivity index (χ1n) is 8.06. The van der Waals surface area contributed by atoms with Crippen molar-refractivity contribution in [2.24, 2.45) is 5.10 Å². The van der Waals surface area contributed by atoms with E-state index >= 15 is 0 Å². The van der Waals surface area contributed by atoms with E-state index in [9.17, 15) is 23.2 Å². The number of aromatic amines is 1. The molecular weight excluding hydrogens is 407 g/mol. The largest absolute Gasteiger partial charge is 0.417 e. The molecule has 3 aromatic rings. The zero-order valence-electron chi connectivity index (χ0n) is 14.5. The van der Waals surface area contributed by atoms with Crippen molar-refractivity contribution in [3.05, 3.63) is 80.6 Å². The third kappa shape index (κ3) is 4.44. The van der Waals surface area contributed by atoms with Gasteiger partial charge in [-0.1, -0.05) is 48.0 Å². The average Bonchev–Trinajstić information content (AvgIpc) is 2.68. The molecule has 0 radical (unpaired) electrons. The van der Waals surface area contributed by atoms with Crippen LogP contribution in [0.25, 0.3) is 11.3 Å².